The fraction of sp³-hybridized carbons (Fsp3) is 0.267. The van der Waals surface area contributed by atoms with Crippen LogP contribution in [0.25, 0.3) is 0 Å². The van der Waals surface area contributed by atoms with Gasteiger partial charge in [-0.05, 0) is 54.8 Å². The number of pyridine rings is 1. The van der Waals surface area contributed by atoms with Gasteiger partial charge in [0, 0.05) is 16.9 Å². The first kappa shape index (κ1) is 15.0. The van der Waals surface area contributed by atoms with Gasteiger partial charge in [-0.2, -0.15) is 4.89 Å². The molecule has 0 aliphatic carbocycles. The molecule has 0 bridgehead atoms. The van der Waals surface area contributed by atoms with Gasteiger partial charge in [0.25, 0.3) is 0 Å². The van der Waals surface area contributed by atoms with Gasteiger partial charge in [0.1, 0.15) is 6.61 Å². The van der Waals surface area contributed by atoms with Crippen molar-refractivity contribution in [3.8, 4) is 5.75 Å². The summed E-state index contributed by atoms with van der Waals surface area (Å²) in [6, 6.07) is 11.2. The van der Waals surface area contributed by atoms with Crippen LogP contribution in [0, 0.1) is 0 Å². The second-order valence-corrected chi connectivity index (χ2v) is 5.29. The van der Waals surface area contributed by atoms with E-state index in [0.717, 1.165) is 16.5 Å². The van der Waals surface area contributed by atoms with Gasteiger partial charge in [0.15, 0.2) is 5.75 Å². The Balaban J connectivity index is 1.65. The molecule has 1 aromatic heterocycles. The lowest BCUT2D eigenvalue weighted by molar-refractivity contribution is -0.223. The van der Waals surface area contributed by atoms with Crippen molar-refractivity contribution in [1.82, 2.24) is 4.98 Å². The first-order valence-electron chi connectivity index (χ1n) is 6.36. The van der Waals surface area contributed by atoms with Gasteiger partial charge in [-0.15, -0.1) is 0 Å². The molecule has 0 saturated carbocycles. The third-order valence-electron chi connectivity index (χ3n) is 2.74. The highest BCUT2D eigenvalue weighted by atomic mass is 79.9. The van der Waals surface area contributed by atoms with Crippen LogP contribution in [-0.2, 0) is 11.3 Å². The maximum Gasteiger partial charge on any atom is 0.165 e. The third kappa shape index (κ3) is 5.28. The molecule has 2 aromatic rings. The summed E-state index contributed by atoms with van der Waals surface area (Å²) in [5.74, 6) is 0.606. The summed E-state index contributed by atoms with van der Waals surface area (Å²) in [4.78, 5) is 14.1. The number of aliphatic hydroxyl groups excluding tert-OH is 1. The predicted molar refractivity (Wildman–Crippen MR) is 79.3 cm³/mol. The molecule has 1 N–H and O–H groups in total. The SMILES string of the molecule is OC(CCc1ccncc1)COOc1ccc(Br)cc1. The minimum atomic E-state index is -0.557. The lowest BCUT2D eigenvalue weighted by Crippen LogP contribution is -2.17. The molecular formula is C15H16BrNO3. The Hall–Kier alpha value is -1.43. The van der Waals surface area contributed by atoms with E-state index in [2.05, 4.69) is 20.9 Å². The van der Waals surface area contributed by atoms with Crippen LogP contribution >= 0.6 is 15.9 Å². The number of hydrogen-bond donors (Lipinski definition) is 1. The van der Waals surface area contributed by atoms with Crippen LogP contribution in [0.3, 0.4) is 0 Å². The van der Waals surface area contributed by atoms with E-state index in [-0.39, 0.29) is 6.61 Å². The predicted octanol–water partition coefficient (Wildman–Crippen LogP) is 3.15. The molecule has 0 fully saturated rings. The zero-order chi connectivity index (χ0) is 14.2. The van der Waals surface area contributed by atoms with Crippen LogP contribution in [0.2, 0.25) is 0 Å². The monoisotopic (exact) mass is 337 g/mol. The van der Waals surface area contributed by atoms with Crippen LogP contribution in [0.1, 0.15) is 12.0 Å². The van der Waals surface area contributed by atoms with Gasteiger partial charge in [-0.25, -0.2) is 0 Å². The molecule has 4 nitrogen and oxygen atoms in total. The summed E-state index contributed by atoms with van der Waals surface area (Å²) >= 11 is 3.34. The van der Waals surface area contributed by atoms with Crippen LogP contribution in [0.15, 0.2) is 53.3 Å². The number of aromatic nitrogens is 1. The fourth-order valence-electron chi connectivity index (χ4n) is 1.64. The topological polar surface area (TPSA) is 51.6 Å². The van der Waals surface area contributed by atoms with Crippen molar-refractivity contribution in [2.45, 2.75) is 18.9 Å². The van der Waals surface area contributed by atoms with Crippen LogP contribution < -0.4 is 4.89 Å². The van der Waals surface area contributed by atoms with Gasteiger partial charge in [-0.1, -0.05) is 15.9 Å². The number of nitrogens with zero attached hydrogens (tertiary/aromatic N) is 1. The second-order valence-electron chi connectivity index (χ2n) is 4.37. The summed E-state index contributed by atoms with van der Waals surface area (Å²) in [6.07, 6.45) is 4.33. The second kappa shape index (κ2) is 7.99. The molecule has 2 rings (SSSR count). The Morgan fingerprint density at radius 2 is 1.80 bits per heavy atom. The van der Waals surface area contributed by atoms with E-state index in [0.29, 0.717) is 12.2 Å². The molecule has 0 aliphatic rings. The van der Waals surface area contributed by atoms with E-state index >= 15 is 0 Å². The van der Waals surface area contributed by atoms with Crippen molar-refractivity contribution in [2.24, 2.45) is 0 Å². The number of rotatable bonds is 7. The highest BCUT2D eigenvalue weighted by molar-refractivity contribution is 9.10. The molecule has 5 heteroatoms. The number of benzene rings is 1. The molecule has 0 radical (unpaired) electrons. The van der Waals surface area contributed by atoms with Crippen LogP contribution in [0.4, 0.5) is 0 Å². The molecule has 0 spiro atoms. The Bertz CT molecular complexity index is 504. The van der Waals surface area contributed by atoms with Gasteiger partial charge in [0.05, 0.1) is 6.10 Å². The van der Waals surface area contributed by atoms with Crippen molar-refractivity contribution in [1.29, 1.82) is 0 Å². The normalized spacial score (nSPS) is 12.1. The first-order chi connectivity index (χ1) is 9.74. The van der Waals surface area contributed by atoms with Crippen molar-refractivity contribution in [3.05, 3.63) is 58.8 Å². The third-order valence-corrected chi connectivity index (χ3v) is 3.27. The van der Waals surface area contributed by atoms with Crippen molar-refractivity contribution < 1.29 is 14.9 Å². The van der Waals surface area contributed by atoms with E-state index in [1.807, 2.05) is 24.3 Å². The van der Waals surface area contributed by atoms with Gasteiger partial charge in [0.2, 0.25) is 0 Å². The molecule has 0 saturated heterocycles. The minimum Gasteiger partial charge on any atom is -0.391 e. The Kier molecular flexibility index (Phi) is 5.98. The summed E-state index contributed by atoms with van der Waals surface area (Å²) < 4.78 is 0.974. The van der Waals surface area contributed by atoms with Gasteiger partial charge < -0.3 is 9.99 Å². The van der Waals surface area contributed by atoms with E-state index in [4.69, 9.17) is 9.78 Å². The lowest BCUT2D eigenvalue weighted by atomic mass is 10.1. The average Bonchev–Trinajstić information content (AvgIpc) is 2.48. The van der Waals surface area contributed by atoms with E-state index in [1.54, 1.807) is 24.5 Å². The number of hydrogen-bond acceptors (Lipinski definition) is 4. The minimum absolute atomic E-state index is 0.140. The summed E-state index contributed by atoms with van der Waals surface area (Å²) in [5.41, 5.74) is 1.15. The highest BCUT2D eigenvalue weighted by Gasteiger charge is 2.06. The highest BCUT2D eigenvalue weighted by Crippen LogP contribution is 2.16. The molecule has 1 heterocycles. The van der Waals surface area contributed by atoms with Gasteiger partial charge >= 0.3 is 0 Å². The summed E-state index contributed by atoms with van der Waals surface area (Å²) in [5, 5.41) is 9.80. The molecule has 0 aliphatic heterocycles. The molecule has 20 heavy (non-hydrogen) atoms. The fourth-order valence-corrected chi connectivity index (χ4v) is 1.90. The van der Waals surface area contributed by atoms with Gasteiger partial charge in [-0.3, -0.25) is 4.98 Å². The molecule has 1 unspecified atom stereocenters. The Labute approximate surface area is 126 Å². The quantitative estimate of drug-likeness (QED) is 0.622. The maximum atomic E-state index is 9.80. The number of aryl methyl sites for hydroxylation is 1. The summed E-state index contributed by atoms with van der Waals surface area (Å²) in [7, 11) is 0. The summed E-state index contributed by atoms with van der Waals surface area (Å²) in [6.45, 7) is 0.140. The molecule has 1 aromatic carbocycles. The van der Waals surface area contributed by atoms with E-state index in [9.17, 15) is 5.11 Å². The van der Waals surface area contributed by atoms with Crippen LogP contribution in [-0.4, -0.2) is 22.8 Å². The van der Waals surface area contributed by atoms with Crippen molar-refractivity contribution in [3.63, 3.8) is 0 Å². The lowest BCUT2D eigenvalue weighted by Gasteiger charge is -2.10. The standard InChI is InChI=1S/C15H16BrNO3/c16-13-2-5-15(6-3-13)20-19-11-14(18)4-1-12-7-9-17-10-8-12/h2-3,5-10,14,18H,1,4,11H2. The molecule has 1 atom stereocenters. The number of aliphatic hydroxyl groups is 1. The largest absolute Gasteiger partial charge is 0.391 e. The van der Waals surface area contributed by atoms with Crippen LogP contribution in [0.5, 0.6) is 5.75 Å². The molecule has 0 amide bonds. The zero-order valence-corrected chi connectivity index (χ0v) is 12.5. The molecule has 106 valence electrons. The zero-order valence-electron chi connectivity index (χ0n) is 10.9. The average molecular weight is 338 g/mol. The van der Waals surface area contributed by atoms with E-state index in [1.165, 1.54) is 0 Å². The molecular weight excluding hydrogens is 322 g/mol. The Morgan fingerprint density at radius 1 is 1.10 bits per heavy atom. The first-order valence-corrected chi connectivity index (χ1v) is 7.15. The Morgan fingerprint density at radius 3 is 2.50 bits per heavy atom. The van der Waals surface area contributed by atoms with Crippen molar-refractivity contribution in [2.75, 3.05) is 6.61 Å². The van der Waals surface area contributed by atoms with E-state index < -0.39 is 6.10 Å². The maximum absolute atomic E-state index is 9.80. The number of halogens is 1. The smallest absolute Gasteiger partial charge is 0.165 e. The van der Waals surface area contributed by atoms with Crippen molar-refractivity contribution >= 4 is 15.9 Å².